The van der Waals surface area contributed by atoms with E-state index in [0.717, 1.165) is 96.9 Å². The van der Waals surface area contributed by atoms with Crippen molar-refractivity contribution in [1.29, 1.82) is 0 Å². The van der Waals surface area contributed by atoms with E-state index < -0.39 is 24.3 Å². The van der Waals surface area contributed by atoms with Crippen LogP contribution in [0.4, 0.5) is 0 Å². The summed E-state index contributed by atoms with van der Waals surface area (Å²) in [5.41, 5.74) is 10.9. The molecule has 0 aromatic heterocycles. The topological polar surface area (TPSA) is 143 Å². The summed E-state index contributed by atoms with van der Waals surface area (Å²) in [6.45, 7) is 21.8. The molecule has 0 spiro atoms. The highest BCUT2D eigenvalue weighted by Crippen LogP contribution is 2.49. The highest BCUT2D eigenvalue weighted by atomic mass is 16.6. The molecule has 9 nitrogen and oxygen atoms in total. The molecule has 380 valence electrons. The van der Waals surface area contributed by atoms with Gasteiger partial charge in [-0.05, 0) is 161 Å². The summed E-state index contributed by atoms with van der Waals surface area (Å²) in [7, 11) is 0. The van der Waals surface area contributed by atoms with Crippen LogP contribution in [0.5, 0.6) is 11.5 Å². The highest BCUT2D eigenvalue weighted by Gasteiger charge is 2.44. The summed E-state index contributed by atoms with van der Waals surface area (Å²) in [4.78, 5) is 22.1. The van der Waals surface area contributed by atoms with Gasteiger partial charge in [-0.2, -0.15) is 0 Å². The first-order valence-corrected chi connectivity index (χ1v) is 25.9. The Bertz CT molecular complexity index is 2640. The first kappa shape index (κ1) is 54.7. The predicted octanol–water partition coefficient (Wildman–Crippen LogP) is 11.5. The van der Waals surface area contributed by atoms with Crippen molar-refractivity contribution in [1.82, 2.24) is 0 Å². The Morgan fingerprint density at radius 1 is 0.662 bits per heavy atom. The maximum absolute atomic E-state index is 11.3. The van der Waals surface area contributed by atoms with Crippen molar-refractivity contribution in [2.75, 3.05) is 13.2 Å². The molecular formula is C62H78O9. The third kappa shape index (κ3) is 13.1. The molecule has 4 N–H and O–H groups in total. The van der Waals surface area contributed by atoms with Crippen LogP contribution in [-0.2, 0) is 25.2 Å². The maximum atomic E-state index is 11.3. The van der Waals surface area contributed by atoms with Crippen molar-refractivity contribution in [3.8, 4) is 35.2 Å². The molecule has 0 bridgehead atoms. The Hall–Kier alpha value is -5.58. The number of carboxylic acid groups (broad SMARTS) is 1. The van der Waals surface area contributed by atoms with Gasteiger partial charge >= 0.3 is 11.9 Å². The molecule has 1 aliphatic heterocycles. The number of aryl methyl sites for hydroxylation is 4. The zero-order valence-electron chi connectivity index (χ0n) is 44.0. The second kappa shape index (κ2) is 23.3. The van der Waals surface area contributed by atoms with Crippen LogP contribution in [0, 0.1) is 62.2 Å². The van der Waals surface area contributed by atoms with Gasteiger partial charge in [-0.25, -0.2) is 0 Å². The molecule has 3 fully saturated rings. The molecule has 0 amide bonds. The number of hydrogen-bond acceptors (Lipinski definition) is 8. The van der Waals surface area contributed by atoms with E-state index in [9.17, 15) is 24.9 Å². The zero-order valence-corrected chi connectivity index (χ0v) is 44.0. The van der Waals surface area contributed by atoms with Crippen molar-refractivity contribution in [2.24, 2.45) is 10.8 Å². The molecule has 2 unspecified atom stereocenters. The second-order valence-electron chi connectivity index (χ2n) is 21.1. The van der Waals surface area contributed by atoms with Crippen LogP contribution in [0.15, 0.2) is 72.8 Å². The summed E-state index contributed by atoms with van der Waals surface area (Å²) in [5.74, 6) is 13.0. The van der Waals surface area contributed by atoms with Gasteiger partial charge < -0.3 is 34.6 Å². The van der Waals surface area contributed by atoms with E-state index in [1.54, 1.807) is 0 Å². The van der Waals surface area contributed by atoms with Crippen LogP contribution >= 0.6 is 0 Å². The highest BCUT2D eigenvalue weighted by molar-refractivity contribution is 5.71. The molecule has 1 saturated heterocycles. The Balaban J connectivity index is 0.000000232. The van der Waals surface area contributed by atoms with Crippen molar-refractivity contribution in [3.05, 3.63) is 128 Å². The molecule has 9 heteroatoms. The van der Waals surface area contributed by atoms with Gasteiger partial charge in [0, 0.05) is 45.6 Å². The number of aliphatic hydroxyl groups excluding tert-OH is 3. The zero-order chi connectivity index (χ0) is 51.7. The van der Waals surface area contributed by atoms with Crippen LogP contribution < -0.4 is 9.47 Å². The Labute approximate surface area is 423 Å². The third-order valence-corrected chi connectivity index (χ3v) is 16.0. The molecule has 4 aromatic carbocycles. The Morgan fingerprint density at radius 3 is 1.42 bits per heavy atom. The van der Waals surface area contributed by atoms with E-state index in [1.807, 2.05) is 19.1 Å². The minimum Gasteiger partial charge on any atom is -0.491 e. The van der Waals surface area contributed by atoms with Crippen LogP contribution in [0.1, 0.15) is 174 Å². The standard InChI is InChI=1S/C31H40O5.C31H38O4/c1-6-31(7-2,24-10-8-23(21(3)18-24)9-14-28(33)30(5)16-17-30)25-11-13-27(22(4)19-25)36-20-26(32)12-15-29(34)35;1-6-31(7-2,24-10-8-23(21(3)18-24)9-14-28(32)30(5)16-17-30)25-11-13-27(22(4)19-25)34-20-26-12-15-29(33)35-26/h8,10-11,13,18-19,26,28,32-33H,6-7,12,15-17,20H2,1-5H3,(H,34,35);8,10-11,13,18-19,26,28,32H,6-7,12,15-17,20H2,1-5H3/t2*26-,28?/m11/s1. The average Bonchev–Trinajstić information content (AvgIpc) is 4.26. The van der Waals surface area contributed by atoms with Crippen LogP contribution in [0.2, 0.25) is 0 Å². The molecule has 71 heavy (non-hydrogen) atoms. The molecule has 4 atom stereocenters. The molecule has 2 aliphatic carbocycles. The SMILES string of the molecule is CCC(CC)(c1ccc(C#CC(O)C2(C)CC2)c(C)c1)c1ccc(OC[C@H](O)CCC(=O)O)c(C)c1.CCC(CC)(c1ccc(C#CC(O)C2(C)CC2)c(C)c1)c1ccc(OC[C@H]2CCC(=O)O2)c(C)c1. The lowest BCUT2D eigenvalue weighted by Gasteiger charge is -2.34. The third-order valence-electron chi connectivity index (χ3n) is 16.0. The molecule has 3 aliphatic rings. The molecule has 2 saturated carbocycles. The van der Waals surface area contributed by atoms with Crippen LogP contribution in [0.3, 0.4) is 0 Å². The maximum Gasteiger partial charge on any atom is 0.306 e. The molecule has 1 heterocycles. The van der Waals surface area contributed by atoms with Gasteiger partial charge in [-0.3, -0.25) is 9.59 Å². The van der Waals surface area contributed by atoms with E-state index in [4.69, 9.17) is 19.3 Å². The van der Waals surface area contributed by atoms with Gasteiger partial charge in [0.05, 0.1) is 6.10 Å². The monoisotopic (exact) mass is 967 g/mol. The minimum absolute atomic E-state index is 0.0181. The number of carbonyl (C=O) groups excluding carboxylic acids is 1. The number of esters is 1. The lowest BCUT2D eigenvalue weighted by Crippen LogP contribution is -2.26. The number of cyclic esters (lactones) is 1. The van der Waals surface area contributed by atoms with Gasteiger partial charge in [0.1, 0.15) is 43.0 Å². The number of ether oxygens (including phenoxy) is 3. The first-order valence-electron chi connectivity index (χ1n) is 25.9. The molecule has 4 aromatic rings. The minimum atomic E-state index is -0.925. The summed E-state index contributed by atoms with van der Waals surface area (Å²) >= 11 is 0. The van der Waals surface area contributed by atoms with Crippen molar-refractivity contribution >= 4 is 11.9 Å². The van der Waals surface area contributed by atoms with Gasteiger partial charge in [0.15, 0.2) is 0 Å². The second-order valence-corrected chi connectivity index (χ2v) is 21.1. The number of aliphatic hydroxyl groups is 3. The normalized spacial score (nSPS) is 17.7. The van der Waals surface area contributed by atoms with Gasteiger partial charge in [0.25, 0.3) is 0 Å². The van der Waals surface area contributed by atoms with Crippen molar-refractivity contribution in [2.45, 2.75) is 182 Å². The van der Waals surface area contributed by atoms with Gasteiger partial charge in [0.2, 0.25) is 0 Å². The Morgan fingerprint density at radius 2 is 1.07 bits per heavy atom. The summed E-state index contributed by atoms with van der Waals surface area (Å²) in [5, 5.41) is 39.5. The van der Waals surface area contributed by atoms with E-state index in [0.29, 0.717) is 18.8 Å². The largest absolute Gasteiger partial charge is 0.491 e. The first-order chi connectivity index (χ1) is 33.7. The number of carboxylic acids is 1. The molecule has 0 radical (unpaired) electrons. The fourth-order valence-electron chi connectivity index (χ4n) is 9.91. The summed E-state index contributed by atoms with van der Waals surface area (Å²) in [6, 6.07) is 25.7. The van der Waals surface area contributed by atoms with Crippen molar-refractivity contribution in [3.63, 3.8) is 0 Å². The van der Waals surface area contributed by atoms with Gasteiger partial charge in [-0.15, -0.1) is 0 Å². The lowest BCUT2D eigenvalue weighted by atomic mass is 9.70. The number of hydrogen-bond donors (Lipinski definition) is 4. The van der Waals surface area contributed by atoms with E-state index in [2.05, 4.69) is 147 Å². The summed E-state index contributed by atoms with van der Waals surface area (Å²) in [6.07, 6.45) is 7.15. The number of benzene rings is 4. The smallest absolute Gasteiger partial charge is 0.306 e. The van der Waals surface area contributed by atoms with E-state index in [-0.39, 0.29) is 53.2 Å². The van der Waals surface area contributed by atoms with Gasteiger partial charge in [-0.1, -0.05) is 114 Å². The number of rotatable bonds is 19. The van der Waals surface area contributed by atoms with E-state index in [1.165, 1.54) is 22.3 Å². The number of carbonyl (C=O) groups is 2. The lowest BCUT2D eigenvalue weighted by molar-refractivity contribution is -0.142. The molecular weight excluding hydrogens is 889 g/mol. The quantitative estimate of drug-likeness (QED) is 0.0533. The van der Waals surface area contributed by atoms with E-state index >= 15 is 0 Å². The Kier molecular flexibility index (Phi) is 18.0. The average molecular weight is 967 g/mol. The number of aliphatic carboxylic acids is 1. The summed E-state index contributed by atoms with van der Waals surface area (Å²) < 4.78 is 17.1. The molecule has 7 rings (SSSR count). The fraction of sp³-hybridized carbons (Fsp3) is 0.516. The predicted molar refractivity (Wildman–Crippen MR) is 281 cm³/mol. The van der Waals surface area contributed by atoms with Crippen LogP contribution in [0.25, 0.3) is 0 Å². The fourth-order valence-corrected chi connectivity index (χ4v) is 9.91. The van der Waals surface area contributed by atoms with Crippen molar-refractivity contribution < 1.29 is 44.2 Å². The van der Waals surface area contributed by atoms with Crippen LogP contribution in [-0.4, -0.2) is 70.0 Å².